The van der Waals surface area contributed by atoms with Crippen LogP contribution in [0.1, 0.15) is 284 Å². The molecule has 0 bridgehead atoms. The molecule has 0 spiro atoms. The van der Waals surface area contributed by atoms with Crippen molar-refractivity contribution < 1.29 is 24.5 Å². The van der Waals surface area contributed by atoms with Gasteiger partial charge in [-0.2, -0.15) is 0 Å². The highest BCUT2D eigenvalue weighted by molar-refractivity contribution is 5.77. The third-order valence-corrected chi connectivity index (χ3v) is 11.9. The molecular formula is C50H99NO5. The number of carbonyl (C=O) groups is 2. The van der Waals surface area contributed by atoms with Crippen molar-refractivity contribution in [2.75, 3.05) is 6.61 Å². The van der Waals surface area contributed by atoms with E-state index in [0.717, 1.165) is 38.5 Å². The van der Waals surface area contributed by atoms with E-state index in [2.05, 4.69) is 26.1 Å². The van der Waals surface area contributed by atoms with Crippen molar-refractivity contribution in [2.45, 2.75) is 302 Å². The van der Waals surface area contributed by atoms with E-state index in [1.54, 1.807) is 0 Å². The van der Waals surface area contributed by atoms with E-state index in [0.29, 0.717) is 19.3 Å². The number of nitrogens with one attached hydrogen (secondary N) is 1. The molecule has 0 aliphatic carbocycles. The summed E-state index contributed by atoms with van der Waals surface area (Å²) < 4.78 is 5.91. The van der Waals surface area contributed by atoms with Crippen molar-refractivity contribution in [1.29, 1.82) is 0 Å². The van der Waals surface area contributed by atoms with Crippen molar-refractivity contribution in [2.24, 2.45) is 0 Å². The minimum atomic E-state index is -0.777. The fraction of sp³-hybridized carbons (Fsp3) is 0.960. The number of ether oxygens (including phenoxy) is 1. The number of esters is 1. The minimum Gasteiger partial charge on any atom is -0.462 e. The Morgan fingerprint density at radius 1 is 0.446 bits per heavy atom. The van der Waals surface area contributed by atoms with E-state index < -0.39 is 18.2 Å². The van der Waals surface area contributed by atoms with Gasteiger partial charge in [0.25, 0.3) is 0 Å². The topological polar surface area (TPSA) is 95.9 Å². The van der Waals surface area contributed by atoms with Crippen LogP contribution < -0.4 is 5.32 Å². The zero-order chi connectivity index (χ0) is 41.0. The van der Waals surface area contributed by atoms with E-state index in [1.807, 2.05) is 0 Å². The van der Waals surface area contributed by atoms with Gasteiger partial charge < -0.3 is 20.3 Å². The molecule has 3 N–H and O–H groups in total. The average molecular weight is 794 g/mol. The summed E-state index contributed by atoms with van der Waals surface area (Å²) >= 11 is 0. The lowest BCUT2D eigenvalue weighted by molar-refractivity contribution is -0.151. The number of hydrogen-bond acceptors (Lipinski definition) is 5. The Hall–Kier alpha value is -1.14. The highest BCUT2D eigenvalue weighted by Gasteiger charge is 2.24. The lowest BCUT2D eigenvalue weighted by atomic mass is 10.0. The van der Waals surface area contributed by atoms with Gasteiger partial charge in [0.1, 0.15) is 6.10 Å². The molecule has 6 heteroatoms. The first kappa shape index (κ1) is 54.9. The van der Waals surface area contributed by atoms with Crippen LogP contribution in [0.5, 0.6) is 0 Å². The van der Waals surface area contributed by atoms with Crippen LogP contribution in [-0.2, 0) is 14.3 Å². The standard InChI is InChI=1S/C50H99NO5/c1-4-7-10-13-16-19-21-22-23-24-25-26-27-28-29-31-34-37-40-43-50(55)56-46(41-38-35-32-18-15-12-9-6-3)44-49(54)51-47(45-52)48(53)42-39-36-33-30-20-17-14-11-8-5-2/h46-48,52-53H,4-45H2,1-3H3,(H,51,54). The van der Waals surface area contributed by atoms with E-state index >= 15 is 0 Å². The highest BCUT2D eigenvalue weighted by atomic mass is 16.5. The molecule has 0 heterocycles. The molecule has 0 aliphatic heterocycles. The molecule has 0 saturated carbocycles. The van der Waals surface area contributed by atoms with Crippen molar-refractivity contribution >= 4 is 11.9 Å². The smallest absolute Gasteiger partial charge is 0.306 e. The number of carbonyl (C=O) groups excluding carboxylic acids is 2. The Morgan fingerprint density at radius 2 is 0.750 bits per heavy atom. The van der Waals surface area contributed by atoms with Gasteiger partial charge in [-0.1, -0.05) is 245 Å². The van der Waals surface area contributed by atoms with Crippen LogP contribution in [0.25, 0.3) is 0 Å². The van der Waals surface area contributed by atoms with Crippen molar-refractivity contribution in [3.8, 4) is 0 Å². The summed E-state index contributed by atoms with van der Waals surface area (Å²) in [6.07, 6.45) is 47.5. The summed E-state index contributed by atoms with van der Waals surface area (Å²) in [5, 5.41) is 23.6. The molecule has 0 aromatic rings. The number of aliphatic hydroxyl groups is 2. The van der Waals surface area contributed by atoms with Crippen molar-refractivity contribution in [3.05, 3.63) is 0 Å². The fourth-order valence-corrected chi connectivity index (χ4v) is 8.08. The highest BCUT2D eigenvalue weighted by Crippen LogP contribution is 2.18. The van der Waals surface area contributed by atoms with E-state index in [9.17, 15) is 19.8 Å². The lowest BCUT2D eigenvalue weighted by Gasteiger charge is -2.24. The molecule has 0 saturated heterocycles. The summed E-state index contributed by atoms with van der Waals surface area (Å²) in [6, 6.07) is -0.690. The number of unbranched alkanes of at least 4 members (excludes halogenated alkanes) is 34. The van der Waals surface area contributed by atoms with Gasteiger partial charge in [-0.3, -0.25) is 9.59 Å². The van der Waals surface area contributed by atoms with Gasteiger partial charge in [0.2, 0.25) is 5.91 Å². The van der Waals surface area contributed by atoms with Crippen LogP contribution in [0, 0.1) is 0 Å². The van der Waals surface area contributed by atoms with Gasteiger partial charge in [-0.15, -0.1) is 0 Å². The summed E-state index contributed by atoms with van der Waals surface area (Å²) in [5.74, 6) is -0.457. The first-order valence-corrected chi connectivity index (χ1v) is 25.3. The SMILES string of the molecule is CCCCCCCCCCCCCCCCCCCCCC(=O)OC(CCCCCCCCCC)CC(=O)NC(CO)C(O)CCCCCCCCCCCC. The molecule has 0 aromatic heterocycles. The van der Waals surface area contributed by atoms with E-state index in [1.165, 1.54) is 199 Å². The number of amides is 1. The third-order valence-electron chi connectivity index (χ3n) is 11.9. The maximum atomic E-state index is 13.1. The summed E-state index contributed by atoms with van der Waals surface area (Å²) in [5.41, 5.74) is 0. The maximum absolute atomic E-state index is 13.1. The molecule has 0 aliphatic rings. The Bertz CT molecular complexity index is 806. The average Bonchev–Trinajstić information content (AvgIpc) is 3.19. The predicted octanol–water partition coefficient (Wildman–Crippen LogP) is 14.8. The zero-order valence-electron chi connectivity index (χ0n) is 38.0. The Balaban J connectivity index is 4.31. The monoisotopic (exact) mass is 794 g/mol. The van der Waals surface area contributed by atoms with Gasteiger partial charge >= 0.3 is 5.97 Å². The van der Waals surface area contributed by atoms with Gasteiger partial charge in [0.15, 0.2) is 0 Å². The molecule has 6 nitrogen and oxygen atoms in total. The molecule has 0 aromatic carbocycles. The van der Waals surface area contributed by atoms with Crippen LogP contribution in [0.15, 0.2) is 0 Å². The zero-order valence-corrected chi connectivity index (χ0v) is 38.0. The van der Waals surface area contributed by atoms with Crippen LogP contribution >= 0.6 is 0 Å². The Morgan fingerprint density at radius 3 is 1.09 bits per heavy atom. The van der Waals surface area contributed by atoms with E-state index in [-0.39, 0.29) is 24.9 Å². The molecule has 0 rings (SSSR count). The lowest BCUT2D eigenvalue weighted by Crippen LogP contribution is -2.46. The first-order valence-electron chi connectivity index (χ1n) is 25.3. The normalized spacial score (nSPS) is 13.2. The summed E-state index contributed by atoms with van der Waals surface area (Å²) in [4.78, 5) is 26.0. The number of rotatable bonds is 46. The second-order valence-corrected chi connectivity index (χ2v) is 17.6. The van der Waals surface area contributed by atoms with Gasteiger partial charge in [0, 0.05) is 6.42 Å². The summed E-state index contributed by atoms with van der Waals surface area (Å²) in [6.45, 7) is 6.47. The van der Waals surface area contributed by atoms with Gasteiger partial charge in [-0.25, -0.2) is 0 Å². The Kier molecular flexibility index (Phi) is 44.0. The molecule has 56 heavy (non-hydrogen) atoms. The third kappa shape index (κ3) is 39.7. The molecular weight excluding hydrogens is 695 g/mol. The maximum Gasteiger partial charge on any atom is 0.306 e. The van der Waals surface area contributed by atoms with Crippen molar-refractivity contribution in [1.82, 2.24) is 5.32 Å². The van der Waals surface area contributed by atoms with Crippen LogP contribution in [-0.4, -0.2) is 46.9 Å². The largest absolute Gasteiger partial charge is 0.462 e. The fourth-order valence-electron chi connectivity index (χ4n) is 8.08. The first-order chi connectivity index (χ1) is 27.5. The molecule has 0 radical (unpaired) electrons. The molecule has 3 atom stereocenters. The Labute approximate surface area is 349 Å². The number of aliphatic hydroxyl groups excluding tert-OH is 2. The van der Waals surface area contributed by atoms with Crippen LogP contribution in [0.3, 0.4) is 0 Å². The van der Waals surface area contributed by atoms with Gasteiger partial charge in [-0.05, 0) is 25.7 Å². The van der Waals surface area contributed by atoms with Gasteiger partial charge in [0.05, 0.1) is 25.2 Å². The molecule has 3 unspecified atom stereocenters. The second kappa shape index (κ2) is 45.0. The molecule has 334 valence electrons. The number of hydrogen-bond donors (Lipinski definition) is 3. The quantitative estimate of drug-likeness (QED) is 0.0421. The van der Waals surface area contributed by atoms with E-state index in [4.69, 9.17) is 4.74 Å². The second-order valence-electron chi connectivity index (χ2n) is 17.6. The summed E-state index contributed by atoms with van der Waals surface area (Å²) in [7, 11) is 0. The van der Waals surface area contributed by atoms with Crippen molar-refractivity contribution in [3.63, 3.8) is 0 Å². The predicted molar refractivity (Wildman–Crippen MR) is 241 cm³/mol. The molecule has 0 fully saturated rings. The minimum absolute atomic E-state index is 0.0862. The molecule has 1 amide bonds. The van der Waals surface area contributed by atoms with Crippen LogP contribution in [0.2, 0.25) is 0 Å². The van der Waals surface area contributed by atoms with Crippen LogP contribution in [0.4, 0.5) is 0 Å².